The number of amides is 2. The summed E-state index contributed by atoms with van der Waals surface area (Å²) in [5.74, 6) is -0.908. The second kappa shape index (κ2) is 9.66. The van der Waals surface area contributed by atoms with Crippen LogP contribution in [0.25, 0.3) is 0 Å². The Labute approximate surface area is 171 Å². The first-order valence-corrected chi connectivity index (χ1v) is 9.04. The van der Waals surface area contributed by atoms with Gasteiger partial charge in [-0.15, -0.1) is 0 Å². The van der Waals surface area contributed by atoms with E-state index in [-0.39, 0.29) is 18.8 Å². The Balaban J connectivity index is 1.45. The van der Waals surface area contributed by atoms with Gasteiger partial charge in [0.2, 0.25) is 0 Å². The highest BCUT2D eigenvalue weighted by Crippen LogP contribution is 2.12. The zero-order chi connectivity index (χ0) is 20.6. The van der Waals surface area contributed by atoms with Crippen LogP contribution in [-0.2, 0) is 17.9 Å². The van der Waals surface area contributed by atoms with Crippen molar-refractivity contribution in [2.24, 2.45) is 0 Å². The number of halogens is 2. The van der Waals surface area contributed by atoms with Crippen molar-refractivity contribution in [2.75, 3.05) is 5.32 Å². The van der Waals surface area contributed by atoms with Crippen molar-refractivity contribution in [1.29, 1.82) is 0 Å². The highest BCUT2D eigenvalue weighted by atomic mass is 35.5. The van der Waals surface area contributed by atoms with Gasteiger partial charge in [0.15, 0.2) is 0 Å². The molecule has 2 N–H and O–H groups in total. The van der Waals surface area contributed by atoms with Gasteiger partial charge in [0.25, 0.3) is 5.91 Å². The predicted octanol–water partition coefficient (Wildman–Crippen LogP) is 4.55. The van der Waals surface area contributed by atoms with Crippen LogP contribution in [0.4, 0.5) is 14.9 Å². The monoisotopic (exact) mass is 413 g/mol. The van der Waals surface area contributed by atoms with Crippen LogP contribution in [0.2, 0.25) is 5.02 Å². The molecule has 0 bridgehead atoms. The molecule has 2 aromatic carbocycles. The number of aromatic nitrogens is 1. The third kappa shape index (κ3) is 6.29. The van der Waals surface area contributed by atoms with Crippen molar-refractivity contribution >= 4 is 29.3 Å². The van der Waals surface area contributed by atoms with Gasteiger partial charge in [-0.25, -0.2) is 14.2 Å². The third-order valence-corrected chi connectivity index (χ3v) is 4.15. The Morgan fingerprint density at radius 2 is 1.66 bits per heavy atom. The van der Waals surface area contributed by atoms with Gasteiger partial charge in [-0.2, -0.15) is 0 Å². The quantitative estimate of drug-likeness (QED) is 0.621. The van der Waals surface area contributed by atoms with E-state index in [1.807, 2.05) is 0 Å². The van der Waals surface area contributed by atoms with Crippen LogP contribution >= 0.6 is 11.6 Å². The molecule has 0 fully saturated rings. The molecule has 0 aliphatic carbocycles. The maximum atomic E-state index is 12.8. The van der Waals surface area contributed by atoms with Gasteiger partial charge in [-0.1, -0.05) is 35.9 Å². The lowest BCUT2D eigenvalue weighted by Gasteiger charge is -2.09. The van der Waals surface area contributed by atoms with Gasteiger partial charge >= 0.3 is 6.09 Å². The molecular formula is C21H17ClFN3O3. The Morgan fingerprint density at radius 3 is 2.31 bits per heavy atom. The first-order chi connectivity index (χ1) is 14.0. The van der Waals surface area contributed by atoms with Gasteiger partial charge in [0, 0.05) is 17.3 Å². The predicted molar refractivity (Wildman–Crippen MR) is 107 cm³/mol. The summed E-state index contributed by atoms with van der Waals surface area (Å²) >= 11 is 5.81. The van der Waals surface area contributed by atoms with E-state index in [1.54, 1.807) is 48.5 Å². The second-order valence-electron chi connectivity index (χ2n) is 6.07. The third-order valence-electron chi connectivity index (χ3n) is 3.90. The molecule has 6 nitrogen and oxygen atoms in total. The normalized spacial score (nSPS) is 10.3. The molecule has 1 aromatic heterocycles. The van der Waals surface area contributed by atoms with Gasteiger partial charge < -0.3 is 10.1 Å². The molecular weight excluding hydrogens is 397 g/mol. The van der Waals surface area contributed by atoms with Crippen molar-refractivity contribution in [3.63, 3.8) is 0 Å². The molecule has 0 spiro atoms. The number of hydrogen-bond acceptors (Lipinski definition) is 4. The minimum absolute atomic E-state index is 0.130. The summed E-state index contributed by atoms with van der Waals surface area (Å²) < 4.78 is 18.0. The van der Waals surface area contributed by atoms with Crippen molar-refractivity contribution in [1.82, 2.24) is 10.3 Å². The fourth-order valence-corrected chi connectivity index (χ4v) is 2.50. The van der Waals surface area contributed by atoms with Crippen molar-refractivity contribution in [2.45, 2.75) is 13.2 Å². The van der Waals surface area contributed by atoms with E-state index < -0.39 is 17.8 Å². The van der Waals surface area contributed by atoms with Crippen LogP contribution in [0, 0.1) is 5.82 Å². The summed E-state index contributed by atoms with van der Waals surface area (Å²) in [5.41, 5.74) is 2.33. The number of carbonyl (C=O) groups excluding carboxylic acids is 2. The summed E-state index contributed by atoms with van der Waals surface area (Å²) in [7, 11) is 0. The summed E-state index contributed by atoms with van der Waals surface area (Å²) in [6, 6.07) is 16.4. The van der Waals surface area contributed by atoms with Gasteiger partial charge in [-0.3, -0.25) is 10.1 Å². The lowest BCUT2D eigenvalue weighted by Crippen LogP contribution is -2.23. The summed E-state index contributed by atoms with van der Waals surface area (Å²) in [4.78, 5) is 27.6. The smallest absolute Gasteiger partial charge is 0.411 e. The lowest BCUT2D eigenvalue weighted by molar-refractivity contribution is 0.0945. The molecule has 29 heavy (non-hydrogen) atoms. The number of nitrogens with one attached hydrogen (secondary N) is 2. The van der Waals surface area contributed by atoms with E-state index >= 15 is 0 Å². The minimum Gasteiger partial charge on any atom is -0.444 e. The van der Waals surface area contributed by atoms with Gasteiger partial charge in [0.1, 0.15) is 18.1 Å². The number of hydrogen-bond donors (Lipinski definition) is 2. The number of benzene rings is 2. The lowest BCUT2D eigenvalue weighted by atomic mass is 10.2. The summed E-state index contributed by atoms with van der Waals surface area (Å²) in [6.45, 7) is 0.393. The molecule has 0 saturated carbocycles. The van der Waals surface area contributed by atoms with Crippen LogP contribution in [-0.4, -0.2) is 17.0 Å². The number of rotatable bonds is 6. The molecule has 0 saturated heterocycles. The molecule has 2 amide bonds. The molecule has 0 aliphatic rings. The highest BCUT2D eigenvalue weighted by molar-refractivity contribution is 6.30. The average molecular weight is 414 g/mol. The molecule has 148 valence electrons. The van der Waals surface area contributed by atoms with E-state index in [1.165, 1.54) is 12.1 Å². The van der Waals surface area contributed by atoms with Crippen LogP contribution in [0.15, 0.2) is 66.9 Å². The average Bonchev–Trinajstić information content (AvgIpc) is 2.73. The van der Waals surface area contributed by atoms with E-state index in [9.17, 15) is 14.0 Å². The summed E-state index contributed by atoms with van der Waals surface area (Å²) in [6.07, 6.45) is 0.407. The highest BCUT2D eigenvalue weighted by Gasteiger charge is 2.08. The zero-order valence-corrected chi connectivity index (χ0v) is 15.9. The number of carbonyl (C=O) groups is 2. The Kier molecular flexibility index (Phi) is 6.76. The standard InChI is InChI=1S/C21H17ClFN3O3/c22-16-5-1-15(2-6-16)13-29-21(28)26-18-8-3-14(4-9-18)11-25-20(27)19-10-7-17(23)12-24-19/h1-10,12H,11,13H2,(H,25,27)(H,26,28). The van der Waals surface area contributed by atoms with E-state index in [2.05, 4.69) is 15.6 Å². The van der Waals surface area contributed by atoms with Crippen molar-refractivity contribution < 1.29 is 18.7 Å². The number of nitrogens with zero attached hydrogens (tertiary/aromatic N) is 1. The molecule has 0 radical (unpaired) electrons. The molecule has 0 aliphatic heterocycles. The molecule has 0 atom stereocenters. The molecule has 3 rings (SSSR count). The molecule has 8 heteroatoms. The fourth-order valence-electron chi connectivity index (χ4n) is 2.37. The van der Waals surface area contributed by atoms with Crippen molar-refractivity contribution in [3.05, 3.63) is 94.5 Å². The molecule has 3 aromatic rings. The Morgan fingerprint density at radius 1 is 0.966 bits per heavy atom. The minimum atomic E-state index is -0.580. The Hall–Kier alpha value is -3.45. The maximum absolute atomic E-state index is 12.8. The molecule has 0 unspecified atom stereocenters. The van der Waals surface area contributed by atoms with Crippen molar-refractivity contribution in [3.8, 4) is 0 Å². The maximum Gasteiger partial charge on any atom is 0.411 e. The first kappa shape index (κ1) is 20.3. The van der Waals surface area contributed by atoms with E-state index in [0.29, 0.717) is 10.7 Å². The molecule has 1 heterocycles. The first-order valence-electron chi connectivity index (χ1n) is 8.66. The Bertz CT molecular complexity index is 978. The zero-order valence-electron chi connectivity index (χ0n) is 15.2. The number of pyridine rings is 1. The van der Waals surface area contributed by atoms with Crippen LogP contribution in [0.1, 0.15) is 21.6 Å². The van der Waals surface area contributed by atoms with Crippen LogP contribution in [0.3, 0.4) is 0 Å². The topological polar surface area (TPSA) is 80.3 Å². The largest absolute Gasteiger partial charge is 0.444 e. The SMILES string of the molecule is O=C(Nc1ccc(CNC(=O)c2ccc(F)cn2)cc1)OCc1ccc(Cl)cc1. The summed E-state index contributed by atoms with van der Waals surface area (Å²) in [5, 5.41) is 5.93. The van der Waals surface area contributed by atoms with E-state index in [4.69, 9.17) is 16.3 Å². The van der Waals surface area contributed by atoms with E-state index in [0.717, 1.165) is 17.3 Å². The number of anilines is 1. The van der Waals surface area contributed by atoms with Crippen LogP contribution < -0.4 is 10.6 Å². The van der Waals surface area contributed by atoms with Gasteiger partial charge in [-0.05, 0) is 47.5 Å². The van der Waals surface area contributed by atoms with Gasteiger partial charge in [0.05, 0.1) is 6.20 Å². The number of ether oxygens (including phenoxy) is 1. The van der Waals surface area contributed by atoms with Crippen LogP contribution in [0.5, 0.6) is 0 Å². The fraction of sp³-hybridized carbons (Fsp3) is 0.0952. The second-order valence-corrected chi connectivity index (χ2v) is 6.51.